The molecule has 0 radical (unpaired) electrons. The average molecular weight is 236 g/mol. The molecule has 0 spiro atoms. The fourth-order valence-electron chi connectivity index (χ4n) is 1.12. The summed E-state index contributed by atoms with van der Waals surface area (Å²) in [5.74, 6) is 0. The smallest absolute Gasteiger partial charge is 0.282 e. The van der Waals surface area contributed by atoms with Gasteiger partial charge in [0.1, 0.15) is 10.8 Å². The van der Waals surface area contributed by atoms with Crippen LogP contribution in [0.15, 0.2) is 0 Å². The van der Waals surface area contributed by atoms with Crippen LogP contribution in [-0.4, -0.2) is 14.9 Å². The normalized spacial score (nSPS) is 10.7. The molecule has 0 atom stereocenters. The second-order valence-corrected chi connectivity index (χ2v) is 3.10. The molecule has 0 unspecified atom stereocenters. The number of aliphatic hydroxyl groups excluding tert-OH is 1. The van der Waals surface area contributed by atoms with Crippen molar-refractivity contribution in [2.75, 3.05) is 0 Å². The molecule has 0 aliphatic carbocycles. The molecule has 0 saturated heterocycles. The van der Waals surface area contributed by atoms with Crippen LogP contribution in [0.2, 0.25) is 5.15 Å². The van der Waals surface area contributed by atoms with E-state index in [4.69, 9.17) is 22.0 Å². The van der Waals surface area contributed by atoms with Crippen molar-refractivity contribution in [3.63, 3.8) is 0 Å². The maximum atomic E-state index is 12.4. The van der Waals surface area contributed by atoms with E-state index in [-0.39, 0.29) is 23.7 Å². The minimum absolute atomic E-state index is 0.0388. The minimum Gasteiger partial charge on any atom is -0.391 e. The molecule has 1 rings (SSSR count). The summed E-state index contributed by atoms with van der Waals surface area (Å²) in [5.41, 5.74) is -0.606. The Bertz CT molecular complexity index is 386. The van der Waals surface area contributed by atoms with Gasteiger partial charge in [0.05, 0.1) is 25.6 Å². The van der Waals surface area contributed by atoms with Crippen LogP contribution >= 0.6 is 11.6 Å². The average Bonchev–Trinajstić information content (AvgIpc) is 2.52. The van der Waals surface area contributed by atoms with Crippen molar-refractivity contribution in [3.8, 4) is 6.07 Å². The van der Waals surface area contributed by atoms with Gasteiger partial charge >= 0.3 is 0 Å². The summed E-state index contributed by atoms with van der Waals surface area (Å²) >= 11 is 5.71. The summed E-state index contributed by atoms with van der Waals surface area (Å²) in [6.07, 6.45) is -2.66. The molecule has 0 aliphatic heterocycles. The van der Waals surface area contributed by atoms with Gasteiger partial charge in [0.2, 0.25) is 0 Å². The number of rotatable bonds is 4. The highest BCUT2D eigenvalue weighted by Crippen LogP contribution is 2.27. The number of aryl methyl sites for hydroxylation is 1. The Hall–Kier alpha value is -1.19. The van der Waals surface area contributed by atoms with Crippen LogP contribution in [-0.2, 0) is 13.2 Å². The first-order valence-corrected chi connectivity index (χ1v) is 4.50. The number of hydrogen-bond acceptors (Lipinski definition) is 3. The van der Waals surface area contributed by atoms with Gasteiger partial charge in [0.25, 0.3) is 6.43 Å². The largest absolute Gasteiger partial charge is 0.391 e. The fraction of sp³-hybridized carbons (Fsp3) is 0.500. The van der Waals surface area contributed by atoms with Gasteiger partial charge < -0.3 is 5.11 Å². The van der Waals surface area contributed by atoms with Crippen LogP contribution < -0.4 is 0 Å². The molecule has 0 bridgehead atoms. The Morgan fingerprint density at radius 1 is 1.60 bits per heavy atom. The number of nitriles is 1. The van der Waals surface area contributed by atoms with Gasteiger partial charge in [-0.1, -0.05) is 11.6 Å². The van der Waals surface area contributed by atoms with E-state index in [2.05, 4.69) is 5.10 Å². The number of aromatic nitrogens is 2. The Kier molecular flexibility index (Phi) is 4.00. The van der Waals surface area contributed by atoms with Gasteiger partial charge in [-0.3, -0.25) is 4.68 Å². The van der Waals surface area contributed by atoms with Crippen molar-refractivity contribution in [3.05, 3.63) is 16.4 Å². The van der Waals surface area contributed by atoms with Crippen LogP contribution in [0.25, 0.3) is 0 Å². The molecule has 7 heteroatoms. The predicted octanol–water partition coefficient (Wildman–Crippen LogP) is 1.88. The van der Waals surface area contributed by atoms with Crippen molar-refractivity contribution >= 4 is 11.6 Å². The number of aliphatic hydroxyl groups is 1. The molecule has 0 aliphatic rings. The molecule has 1 aromatic heterocycles. The van der Waals surface area contributed by atoms with Gasteiger partial charge in [-0.05, 0) is 0 Å². The second kappa shape index (κ2) is 5.05. The van der Waals surface area contributed by atoms with E-state index in [1.807, 2.05) is 6.07 Å². The van der Waals surface area contributed by atoms with Crippen LogP contribution in [0.3, 0.4) is 0 Å². The molecule has 4 nitrogen and oxygen atoms in total. The number of alkyl halides is 2. The monoisotopic (exact) mass is 235 g/mol. The first-order chi connectivity index (χ1) is 7.11. The lowest BCUT2D eigenvalue weighted by molar-refractivity contribution is 0.141. The molecule has 0 amide bonds. The highest BCUT2D eigenvalue weighted by atomic mass is 35.5. The number of halogens is 3. The molecular formula is C8H8ClF2N3O. The van der Waals surface area contributed by atoms with E-state index in [1.54, 1.807) is 0 Å². The van der Waals surface area contributed by atoms with Crippen LogP contribution in [0.1, 0.15) is 24.1 Å². The third-order valence-corrected chi connectivity index (χ3v) is 2.24. The van der Waals surface area contributed by atoms with Gasteiger partial charge in [-0.15, -0.1) is 0 Å². The summed E-state index contributed by atoms with van der Waals surface area (Å²) in [5, 5.41) is 20.7. The first kappa shape index (κ1) is 11.9. The fourth-order valence-corrected chi connectivity index (χ4v) is 1.40. The van der Waals surface area contributed by atoms with Crippen LogP contribution in [0.4, 0.5) is 8.78 Å². The Morgan fingerprint density at radius 2 is 2.27 bits per heavy atom. The molecule has 1 aromatic rings. The first-order valence-electron chi connectivity index (χ1n) is 4.12. The minimum atomic E-state index is -2.78. The highest BCUT2D eigenvalue weighted by Gasteiger charge is 2.22. The summed E-state index contributed by atoms with van der Waals surface area (Å²) in [7, 11) is 0. The lowest BCUT2D eigenvalue weighted by Gasteiger charge is -1.97. The van der Waals surface area contributed by atoms with Crippen LogP contribution in [0, 0.1) is 11.3 Å². The molecule has 0 aromatic carbocycles. The van der Waals surface area contributed by atoms with E-state index in [0.29, 0.717) is 0 Å². The molecular weight excluding hydrogens is 228 g/mol. The van der Waals surface area contributed by atoms with Gasteiger partial charge in [0, 0.05) is 5.56 Å². The summed E-state index contributed by atoms with van der Waals surface area (Å²) < 4.78 is 25.9. The van der Waals surface area contributed by atoms with Crippen molar-refractivity contribution < 1.29 is 13.9 Å². The second-order valence-electron chi connectivity index (χ2n) is 2.74. The van der Waals surface area contributed by atoms with Crippen LogP contribution in [0.5, 0.6) is 0 Å². The SMILES string of the molecule is N#CCCn1nc(C(F)F)c(CO)c1Cl. The van der Waals surface area contributed by atoms with E-state index < -0.39 is 18.7 Å². The van der Waals surface area contributed by atoms with Crippen molar-refractivity contribution in [1.29, 1.82) is 5.26 Å². The topological polar surface area (TPSA) is 61.8 Å². The van der Waals surface area contributed by atoms with Crippen molar-refractivity contribution in [2.45, 2.75) is 26.0 Å². The molecule has 1 N–H and O–H groups in total. The Balaban J connectivity index is 3.05. The third-order valence-electron chi connectivity index (χ3n) is 1.81. The quantitative estimate of drug-likeness (QED) is 0.867. The molecule has 15 heavy (non-hydrogen) atoms. The zero-order valence-electron chi connectivity index (χ0n) is 7.62. The molecule has 0 saturated carbocycles. The Labute approximate surface area is 89.7 Å². The number of hydrogen-bond donors (Lipinski definition) is 1. The third kappa shape index (κ3) is 2.43. The van der Waals surface area contributed by atoms with Gasteiger partial charge in [-0.25, -0.2) is 8.78 Å². The van der Waals surface area contributed by atoms with E-state index >= 15 is 0 Å². The zero-order chi connectivity index (χ0) is 11.4. The van der Waals surface area contributed by atoms with Crippen molar-refractivity contribution in [2.24, 2.45) is 0 Å². The standard InChI is InChI=1S/C8H8ClF2N3O/c9-7-5(4-15)6(8(10)11)13-14(7)3-1-2-12/h8,15H,1,3-4H2. The van der Waals surface area contributed by atoms with E-state index in [9.17, 15) is 8.78 Å². The van der Waals surface area contributed by atoms with Gasteiger partial charge in [-0.2, -0.15) is 10.4 Å². The predicted molar refractivity (Wildman–Crippen MR) is 48.3 cm³/mol. The molecule has 1 heterocycles. The lowest BCUT2D eigenvalue weighted by atomic mass is 10.3. The van der Waals surface area contributed by atoms with E-state index in [1.165, 1.54) is 0 Å². The van der Waals surface area contributed by atoms with E-state index in [0.717, 1.165) is 4.68 Å². The Morgan fingerprint density at radius 3 is 2.67 bits per heavy atom. The number of nitrogens with zero attached hydrogens (tertiary/aromatic N) is 3. The zero-order valence-corrected chi connectivity index (χ0v) is 8.38. The highest BCUT2D eigenvalue weighted by molar-refractivity contribution is 6.30. The maximum absolute atomic E-state index is 12.4. The summed E-state index contributed by atoms with van der Waals surface area (Å²) in [6.45, 7) is -0.458. The van der Waals surface area contributed by atoms with Crippen molar-refractivity contribution in [1.82, 2.24) is 9.78 Å². The maximum Gasteiger partial charge on any atom is 0.282 e. The summed E-state index contributed by atoms with van der Waals surface area (Å²) in [4.78, 5) is 0. The molecule has 82 valence electrons. The lowest BCUT2D eigenvalue weighted by Crippen LogP contribution is -2.00. The summed E-state index contributed by atoms with van der Waals surface area (Å²) in [6, 6.07) is 1.85. The van der Waals surface area contributed by atoms with Gasteiger partial charge in [0.15, 0.2) is 0 Å². The molecule has 0 fully saturated rings.